The monoisotopic (exact) mass is 346 g/mol. The van der Waals surface area contributed by atoms with Gasteiger partial charge in [0.25, 0.3) is 0 Å². The summed E-state index contributed by atoms with van der Waals surface area (Å²) in [5, 5.41) is 3.07. The first-order chi connectivity index (χ1) is 12.2. The highest BCUT2D eigenvalue weighted by Crippen LogP contribution is 2.08. The van der Waals surface area contributed by atoms with E-state index < -0.39 is 0 Å². The third kappa shape index (κ3) is 4.83. The predicted molar refractivity (Wildman–Crippen MR) is 98.9 cm³/mol. The molecule has 0 saturated carbocycles. The molecule has 3 rings (SSSR count). The average molecular weight is 346 g/mol. The van der Waals surface area contributed by atoms with Crippen molar-refractivity contribution in [2.45, 2.75) is 13.0 Å². The number of benzene rings is 1. The Morgan fingerprint density at radius 2 is 2.08 bits per heavy atom. The van der Waals surface area contributed by atoms with Crippen LogP contribution in [0, 0.1) is 0 Å². The lowest BCUT2D eigenvalue weighted by molar-refractivity contribution is 0.0377. The van der Waals surface area contributed by atoms with Crippen LogP contribution in [-0.4, -0.2) is 66.3 Å². The van der Waals surface area contributed by atoms with Gasteiger partial charge in [0.2, 0.25) is 0 Å². The number of aromatic amines is 1. The summed E-state index contributed by atoms with van der Waals surface area (Å²) in [6, 6.07) is 7.65. The lowest BCUT2D eigenvalue weighted by atomic mass is 10.3. The number of ether oxygens (including phenoxy) is 1. The number of hydrogen-bond donors (Lipinski definition) is 3. The van der Waals surface area contributed by atoms with E-state index in [0.717, 1.165) is 50.3 Å². The number of imidazole rings is 1. The second-order valence-electron chi connectivity index (χ2n) is 6.10. The summed E-state index contributed by atoms with van der Waals surface area (Å²) in [6.45, 7) is 6.44. The minimum Gasteiger partial charge on any atom is -0.379 e. The molecule has 0 aliphatic carbocycles. The van der Waals surface area contributed by atoms with Crippen LogP contribution in [0.5, 0.6) is 0 Å². The predicted octanol–water partition coefficient (Wildman–Crippen LogP) is -0.0438. The fraction of sp³-hybridized carbons (Fsp3) is 0.529. The molecule has 25 heavy (non-hydrogen) atoms. The topological polar surface area (TPSA) is 101 Å². The summed E-state index contributed by atoms with van der Waals surface area (Å²) in [5.74, 6) is 0.426. The van der Waals surface area contributed by atoms with Gasteiger partial charge in [0.15, 0.2) is 5.96 Å². The van der Waals surface area contributed by atoms with Crippen molar-refractivity contribution in [3.8, 4) is 0 Å². The number of aromatic nitrogens is 2. The van der Waals surface area contributed by atoms with Gasteiger partial charge in [0.05, 0.1) is 24.2 Å². The number of fused-ring (bicyclic) bond motifs is 1. The number of rotatable bonds is 7. The molecule has 0 unspecified atom stereocenters. The molecule has 8 nitrogen and oxygen atoms in total. The van der Waals surface area contributed by atoms with Crippen LogP contribution in [0.1, 0.15) is 6.42 Å². The second-order valence-corrected chi connectivity index (χ2v) is 6.10. The van der Waals surface area contributed by atoms with Crippen LogP contribution in [0.2, 0.25) is 0 Å². The van der Waals surface area contributed by atoms with Crippen LogP contribution < -0.4 is 16.7 Å². The quantitative estimate of drug-likeness (QED) is 0.371. The summed E-state index contributed by atoms with van der Waals surface area (Å²) >= 11 is 0. The van der Waals surface area contributed by atoms with Crippen molar-refractivity contribution in [1.82, 2.24) is 19.8 Å². The van der Waals surface area contributed by atoms with Gasteiger partial charge in [-0.15, -0.1) is 0 Å². The Hall–Kier alpha value is -2.32. The van der Waals surface area contributed by atoms with E-state index in [1.54, 1.807) is 4.57 Å². The first kappa shape index (κ1) is 17.5. The lowest BCUT2D eigenvalue weighted by Crippen LogP contribution is -2.37. The van der Waals surface area contributed by atoms with Crippen molar-refractivity contribution in [2.24, 2.45) is 10.7 Å². The van der Waals surface area contributed by atoms with Crippen molar-refractivity contribution in [3.05, 3.63) is 34.7 Å². The minimum absolute atomic E-state index is 0.107. The summed E-state index contributed by atoms with van der Waals surface area (Å²) in [5.41, 5.74) is 7.53. The molecule has 0 spiro atoms. The number of nitrogens with two attached hydrogens (primary N) is 1. The largest absolute Gasteiger partial charge is 0.379 e. The van der Waals surface area contributed by atoms with Gasteiger partial charge in [-0.3, -0.25) is 14.5 Å². The zero-order valence-electron chi connectivity index (χ0n) is 14.4. The highest BCUT2D eigenvalue weighted by Gasteiger charge is 2.09. The highest BCUT2D eigenvalue weighted by atomic mass is 16.5. The molecule has 136 valence electrons. The van der Waals surface area contributed by atoms with Gasteiger partial charge in [-0.2, -0.15) is 0 Å². The third-order valence-electron chi connectivity index (χ3n) is 4.34. The van der Waals surface area contributed by atoms with E-state index in [-0.39, 0.29) is 5.69 Å². The molecule has 4 N–H and O–H groups in total. The highest BCUT2D eigenvalue weighted by molar-refractivity contribution is 5.78. The van der Waals surface area contributed by atoms with Crippen LogP contribution >= 0.6 is 0 Å². The molecule has 0 atom stereocenters. The number of aliphatic imine (C=N–C) groups is 1. The summed E-state index contributed by atoms with van der Waals surface area (Å²) in [4.78, 5) is 21.5. The molecule has 1 saturated heterocycles. The maximum absolute atomic E-state index is 12.0. The normalized spacial score (nSPS) is 16.4. The molecule has 1 aromatic carbocycles. The Bertz CT molecular complexity index is 760. The molecule has 0 bridgehead atoms. The standard InChI is InChI=1S/C17H26N6O2/c18-16(19-6-3-8-22-10-12-25-13-11-22)20-7-9-23-15-5-2-1-4-14(15)21-17(23)24/h1-2,4-5H,3,6-13H2,(H,21,24)(H3,18,19,20). The van der Waals surface area contributed by atoms with Gasteiger partial charge in [0, 0.05) is 39.3 Å². The zero-order valence-corrected chi connectivity index (χ0v) is 14.4. The van der Waals surface area contributed by atoms with Crippen molar-refractivity contribution < 1.29 is 4.74 Å². The van der Waals surface area contributed by atoms with Gasteiger partial charge < -0.3 is 20.8 Å². The van der Waals surface area contributed by atoms with Crippen molar-refractivity contribution in [3.63, 3.8) is 0 Å². The van der Waals surface area contributed by atoms with Gasteiger partial charge in [-0.05, 0) is 18.6 Å². The first-order valence-electron chi connectivity index (χ1n) is 8.75. The molecular weight excluding hydrogens is 320 g/mol. The zero-order chi connectivity index (χ0) is 17.5. The molecular formula is C17H26N6O2. The Kier molecular flexibility index (Phi) is 6.08. The van der Waals surface area contributed by atoms with Gasteiger partial charge >= 0.3 is 5.69 Å². The number of nitrogens with zero attached hydrogens (tertiary/aromatic N) is 3. The fourth-order valence-corrected chi connectivity index (χ4v) is 3.00. The van der Waals surface area contributed by atoms with Crippen molar-refractivity contribution >= 4 is 17.0 Å². The van der Waals surface area contributed by atoms with E-state index in [0.29, 0.717) is 25.6 Å². The van der Waals surface area contributed by atoms with Crippen LogP contribution in [0.4, 0.5) is 0 Å². The maximum atomic E-state index is 12.0. The Balaban J connectivity index is 1.40. The molecule has 1 fully saturated rings. The van der Waals surface area contributed by atoms with E-state index >= 15 is 0 Å². The van der Waals surface area contributed by atoms with Crippen LogP contribution in [0.25, 0.3) is 11.0 Å². The molecule has 1 aromatic heterocycles. The van der Waals surface area contributed by atoms with Crippen LogP contribution in [0.3, 0.4) is 0 Å². The van der Waals surface area contributed by atoms with Crippen molar-refractivity contribution in [1.29, 1.82) is 0 Å². The fourth-order valence-electron chi connectivity index (χ4n) is 3.00. The minimum atomic E-state index is -0.107. The molecule has 1 aliphatic rings. The molecule has 2 heterocycles. The maximum Gasteiger partial charge on any atom is 0.326 e. The lowest BCUT2D eigenvalue weighted by Gasteiger charge is -2.26. The summed E-state index contributed by atoms with van der Waals surface area (Å²) in [6.07, 6.45) is 0.976. The van der Waals surface area contributed by atoms with Gasteiger partial charge in [0.1, 0.15) is 0 Å². The number of morpholine rings is 1. The first-order valence-corrected chi connectivity index (χ1v) is 8.75. The van der Waals surface area contributed by atoms with E-state index in [2.05, 4.69) is 20.2 Å². The molecule has 8 heteroatoms. The Morgan fingerprint density at radius 3 is 2.92 bits per heavy atom. The SMILES string of the molecule is NC(=NCCCN1CCOCC1)NCCn1c(=O)[nH]c2ccccc21. The molecule has 0 amide bonds. The smallest absolute Gasteiger partial charge is 0.326 e. The van der Waals surface area contributed by atoms with E-state index in [1.165, 1.54) is 0 Å². The Morgan fingerprint density at radius 1 is 1.28 bits per heavy atom. The van der Waals surface area contributed by atoms with Crippen molar-refractivity contribution in [2.75, 3.05) is 45.9 Å². The number of para-hydroxylation sites is 2. The van der Waals surface area contributed by atoms with Gasteiger partial charge in [-0.25, -0.2) is 4.79 Å². The number of nitrogens with one attached hydrogen (secondary N) is 2. The second kappa shape index (κ2) is 8.68. The number of guanidine groups is 1. The van der Waals surface area contributed by atoms with E-state index in [9.17, 15) is 4.79 Å². The average Bonchev–Trinajstić information content (AvgIpc) is 2.95. The van der Waals surface area contributed by atoms with E-state index in [4.69, 9.17) is 10.5 Å². The summed E-state index contributed by atoms with van der Waals surface area (Å²) < 4.78 is 7.03. The Labute approximate surface area is 146 Å². The molecule has 0 radical (unpaired) electrons. The summed E-state index contributed by atoms with van der Waals surface area (Å²) in [7, 11) is 0. The molecule has 2 aromatic rings. The molecule has 1 aliphatic heterocycles. The third-order valence-corrected chi connectivity index (χ3v) is 4.34. The number of hydrogen-bond acceptors (Lipinski definition) is 4. The van der Waals surface area contributed by atoms with E-state index in [1.807, 2.05) is 24.3 Å². The van der Waals surface area contributed by atoms with Crippen LogP contribution in [-0.2, 0) is 11.3 Å². The van der Waals surface area contributed by atoms with Crippen LogP contribution in [0.15, 0.2) is 34.1 Å². The van der Waals surface area contributed by atoms with Gasteiger partial charge in [-0.1, -0.05) is 12.1 Å². The number of H-pyrrole nitrogens is 1.